The molecule has 26 heavy (non-hydrogen) atoms. The number of fused-ring (bicyclic) bond motifs is 1. The molecule has 136 valence electrons. The highest BCUT2D eigenvalue weighted by Crippen LogP contribution is 2.34. The van der Waals surface area contributed by atoms with Crippen LogP contribution in [0.25, 0.3) is 10.8 Å². The predicted octanol–water partition coefficient (Wildman–Crippen LogP) is 2.18. The molecule has 3 aromatic rings. The van der Waals surface area contributed by atoms with E-state index in [0.29, 0.717) is 16.8 Å². The molecule has 0 saturated heterocycles. The summed E-state index contributed by atoms with van der Waals surface area (Å²) in [6, 6.07) is 8.94. The smallest absolute Gasteiger partial charge is 0.267 e. The van der Waals surface area contributed by atoms with E-state index in [9.17, 15) is 26.4 Å². The second-order valence-electron chi connectivity index (χ2n) is 5.58. The number of hydrogen-bond donors (Lipinski definition) is 2. The van der Waals surface area contributed by atoms with Gasteiger partial charge in [0.1, 0.15) is 0 Å². The summed E-state index contributed by atoms with van der Waals surface area (Å²) in [7, 11) is -4.28. The van der Waals surface area contributed by atoms with Crippen LogP contribution in [0.3, 0.4) is 0 Å². The molecule has 0 fully saturated rings. The molecule has 0 atom stereocenters. The lowest BCUT2D eigenvalue weighted by atomic mass is 10.00. The van der Waals surface area contributed by atoms with Crippen molar-refractivity contribution in [1.82, 2.24) is 10.2 Å². The number of nitrogens with zero attached hydrogens (tertiary/aromatic N) is 1. The quantitative estimate of drug-likeness (QED) is 0.723. The van der Waals surface area contributed by atoms with Crippen LogP contribution in [0.15, 0.2) is 52.2 Å². The molecular weight excluding hydrogens is 371 g/mol. The molecule has 0 amide bonds. The maximum absolute atomic E-state index is 13.4. The molecule has 0 bridgehead atoms. The zero-order valence-corrected chi connectivity index (χ0v) is 13.9. The van der Waals surface area contributed by atoms with Gasteiger partial charge in [-0.05, 0) is 23.8 Å². The van der Waals surface area contributed by atoms with E-state index in [1.807, 2.05) is 0 Å². The third-order valence-electron chi connectivity index (χ3n) is 3.85. The van der Waals surface area contributed by atoms with Gasteiger partial charge in [0.2, 0.25) is 10.0 Å². The van der Waals surface area contributed by atoms with Crippen LogP contribution in [0.5, 0.6) is 0 Å². The number of H-pyrrole nitrogens is 1. The summed E-state index contributed by atoms with van der Waals surface area (Å²) in [5.41, 5.74) is -1.53. The first-order valence-electron chi connectivity index (χ1n) is 7.26. The van der Waals surface area contributed by atoms with Crippen molar-refractivity contribution in [2.45, 2.75) is 17.5 Å². The lowest BCUT2D eigenvalue weighted by Crippen LogP contribution is -2.17. The van der Waals surface area contributed by atoms with Crippen molar-refractivity contribution in [3.63, 3.8) is 0 Å². The lowest BCUT2D eigenvalue weighted by Gasteiger charge is -2.14. The van der Waals surface area contributed by atoms with Crippen LogP contribution in [0.2, 0.25) is 0 Å². The normalized spacial score (nSPS) is 12.5. The lowest BCUT2D eigenvalue weighted by molar-refractivity contribution is -0.138. The third-order valence-corrected chi connectivity index (χ3v) is 4.76. The summed E-state index contributed by atoms with van der Waals surface area (Å²) in [6.07, 6.45) is -5.04. The van der Waals surface area contributed by atoms with Crippen LogP contribution >= 0.6 is 0 Å². The molecule has 1 aromatic heterocycles. The Morgan fingerprint density at radius 2 is 1.73 bits per heavy atom. The SMILES string of the molecule is NS(=O)(=O)c1ccc(Cc2n[nH]c(=O)c3ccccc23)c(C(F)(F)F)c1. The molecule has 0 radical (unpaired) electrons. The molecule has 0 aliphatic heterocycles. The number of alkyl halides is 3. The minimum atomic E-state index is -4.78. The molecule has 0 saturated carbocycles. The number of aromatic amines is 1. The van der Waals surface area contributed by atoms with Crippen molar-refractivity contribution in [2.75, 3.05) is 0 Å². The topological polar surface area (TPSA) is 106 Å². The Labute approximate surface area is 145 Å². The van der Waals surface area contributed by atoms with Crippen molar-refractivity contribution in [2.24, 2.45) is 5.14 Å². The number of primary sulfonamides is 1. The summed E-state index contributed by atoms with van der Waals surface area (Å²) in [5.74, 6) is 0. The Morgan fingerprint density at radius 1 is 1.08 bits per heavy atom. The second-order valence-corrected chi connectivity index (χ2v) is 7.14. The number of sulfonamides is 1. The van der Waals surface area contributed by atoms with Crippen molar-refractivity contribution < 1.29 is 21.6 Å². The van der Waals surface area contributed by atoms with Crippen LogP contribution in [0.1, 0.15) is 16.8 Å². The Kier molecular flexibility index (Phi) is 4.32. The number of halogens is 3. The molecule has 0 aliphatic rings. The molecule has 3 N–H and O–H groups in total. The summed E-state index contributed by atoms with van der Waals surface area (Å²) in [6.45, 7) is 0. The number of benzene rings is 2. The molecule has 0 spiro atoms. The standard InChI is InChI=1S/C16H12F3N3O3S/c17-16(18,19)13-8-10(26(20,24)25)6-5-9(13)7-14-11-3-1-2-4-12(11)15(23)22-21-14/h1-6,8H,7H2,(H,22,23)(H2,20,24,25). The van der Waals surface area contributed by atoms with E-state index in [-0.39, 0.29) is 17.7 Å². The van der Waals surface area contributed by atoms with Gasteiger partial charge in [-0.25, -0.2) is 18.7 Å². The van der Waals surface area contributed by atoms with Gasteiger partial charge in [0, 0.05) is 11.8 Å². The Morgan fingerprint density at radius 3 is 2.35 bits per heavy atom. The highest BCUT2D eigenvalue weighted by Gasteiger charge is 2.34. The number of hydrogen-bond acceptors (Lipinski definition) is 4. The van der Waals surface area contributed by atoms with Gasteiger partial charge in [0.05, 0.1) is 21.5 Å². The molecule has 0 aliphatic carbocycles. The zero-order valence-electron chi connectivity index (χ0n) is 13.0. The fourth-order valence-electron chi connectivity index (χ4n) is 2.64. The van der Waals surface area contributed by atoms with E-state index in [1.165, 1.54) is 6.07 Å². The summed E-state index contributed by atoms with van der Waals surface area (Å²) in [4.78, 5) is 11.2. The van der Waals surface area contributed by atoms with E-state index in [2.05, 4.69) is 10.2 Å². The average molecular weight is 383 g/mol. The van der Waals surface area contributed by atoms with Crippen LogP contribution in [0, 0.1) is 0 Å². The van der Waals surface area contributed by atoms with Crippen LogP contribution < -0.4 is 10.7 Å². The summed E-state index contributed by atoms with van der Waals surface area (Å²) >= 11 is 0. The van der Waals surface area contributed by atoms with E-state index in [1.54, 1.807) is 18.2 Å². The number of nitrogens with two attached hydrogens (primary N) is 1. The molecule has 1 heterocycles. The highest BCUT2D eigenvalue weighted by molar-refractivity contribution is 7.89. The fourth-order valence-corrected chi connectivity index (χ4v) is 3.18. The van der Waals surface area contributed by atoms with Gasteiger partial charge in [-0.2, -0.15) is 18.3 Å². The van der Waals surface area contributed by atoms with Crippen molar-refractivity contribution in [3.8, 4) is 0 Å². The largest absolute Gasteiger partial charge is 0.416 e. The fraction of sp³-hybridized carbons (Fsp3) is 0.125. The van der Waals surface area contributed by atoms with Crippen molar-refractivity contribution in [1.29, 1.82) is 0 Å². The van der Waals surface area contributed by atoms with Gasteiger partial charge in [-0.1, -0.05) is 24.3 Å². The molecular formula is C16H12F3N3O3S. The van der Waals surface area contributed by atoms with Crippen molar-refractivity contribution in [3.05, 3.63) is 69.6 Å². The molecule has 2 aromatic carbocycles. The number of nitrogens with one attached hydrogen (secondary N) is 1. The second kappa shape index (κ2) is 6.22. The van der Waals surface area contributed by atoms with Gasteiger partial charge in [0.15, 0.2) is 0 Å². The predicted molar refractivity (Wildman–Crippen MR) is 88.0 cm³/mol. The first-order chi connectivity index (χ1) is 12.1. The van der Waals surface area contributed by atoms with E-state index in [4.69, 9.17) is 5.14 Å². The highest BCUT2D eigenvalue weighted by atomic mass is 32.2. The Hall–Kier alpha value is -2.72. The van der Waals surface area contributed by atoms with Gasteiger partial charge in [-0.3, -0.25) is 4.79 Å². The Bertz CT molecular complexity index is 1150. The van der Waals surface area contributed by atoms with Gasteiger partial charge < -0.3 is 0 Å². The van der Waals surface area contributed by atoms with E-state index >= 15 is 0 Å². The molecule has 3 rings (SSSR count). The van der Waals surface area contributed by atoms with Gasteiger partial charge in [0.25, 0.3) is 5.56 Å². The monoisotopic (exact) mass is 383 g/mol. The molecule has 6 nitrogen and oxygen atoms in total. The van der Waals surface area contributed by atoms with E-state index < -0.39 is 32.2 Å². The minimum Gasteiger partial charge on any atom is -0.267 e. The first kappa shape index (κ1) is 18.1. The maximum atomic E-state index is 13.4. The van der Waals surface area contributed by atoms with Crippen LogP contribution in [0.4, 0.5) is 13.2 Å². The zero-order chi connectivity index (χ0) is 19.1. The first-order valence-corrected chi connectivity index (χ1v) is 8.81. The van der Waals surface area contributed by atoms with Crippen molar-refractivity contribution >= 4 is 20.8 Å². The molecule has 0 unspecified atom stereocenters. The summed E-state index contributed by atoms with van der Waals surface area (Å²) < 4.78 is 62.9. The van der Waals surface area contributed by atoms with Gasteiger partial charge >= 0.3 is 6.18 Å². The van der Waals surface area contributed by atoms with Crippen LogP contribution in [-0.2, 0) is 22.6 Å². The minimum absolute atomic E-state index is 0.186. The number of aromatic nitrogens is 2. The Balaban J connectivity index is 2.17. The van der Waals surface area contributed by atoms with Gasteiger partial charge in [-0.15, -0.1) is 0 Å². The van der Waals surface area contributed by atoms with Crippen LogP contribution in [-0.4, -0.2) is 18.6 Å². The number of rotatable bonds is 3. The summed E-state index contributed by atoms with van der Waals surface area (Å²) in [5, 5.41) is 11.7. The third kappa shape index (κ3) is 3.46. The average Bonchev–Trinajstić information content (AvgIpc) is 2.56. The van der Waals surface area contributed by atoms with E-state index in [0.717, 1.165) is 12.1 Å². The maximum Gasteiger partial charge on any atom is 0.416 e. The molecule has 10 heteroatoms.